The number of ketones is 1. The highest BCUT2D eigenvalue weighted by Gasteiger charge is 2.53. The van der Waals surface area contributed by atoms with Crippen molar-refractivity contribution < 1.29 is 19.4 Å². The Morgan fingerprint density at radius 3 is 2.58 bits per heavy atom. The number of carbonyl (C=O) groups excluding carboxylic acids is 1. The van der Waals surface area contributed by atoms with E-state index < -0.39 is 5.79 Å². The zero-order valence-corrected chi connectivity index (χ0v) is 15.5. The molecule has 4 rings (SSSR count). The van der Waals surface area contributed by atoms with Gasteiger partial charge in [-0.1, -0.05) is 22.0 Å². The Morgan fingerprint density at radius 2 is 1.92 bits per heavy atom. The van der Waals surface area contributed by atoms with Gasteiger partial charge in [0.15, 0.2) is 11.6 Å². The number of benzene rings is 1. The smallest absolute Gasteiger partial charge is 0.170 e. The second-order valence-corrected chi connectivity index (χ2v) is 7.98. The first-order chi connectivity index (χ1) is 11.4. The van der Waals surface area contributed by atoms with Crippen LogP contribution in [0.5, 0.6) is 0 Å². The van der Waals surface area contributed by atoms with E-state index in [0.29, 0.717) is 31.6 Å². The van der Waals surface area contributed by atoms with Gasteiger partial charge in [-0.15, -0.1) is 0 Å². The number of allylic oxidation sites excluding steroid dienone is 2. The van der Waals surface area contributed by atoms with E-state index >= 15 is 0 Å². The average Bonchev–Trinajstić information content (AvgIpc) is 3.05. The molecule has 1 aromatic carbocycles. The van der Waals surface area contributed by atoms with Gasteiger partial charge in [-0.25, -0.2) is 0 Å². The summed E-state index contributed by atoms with van der Waals surface area (Å²) in [5.74, 6) is -0.724. The molecule has 2 unspecified atom stereocenters. The first-order valence-corrected chi connectivity index (χ1v) is 9.23. The molecule has 0 aromatic heterocycles. The molecule has 1 saturated carbocycles. The van der Waals surface area contributed by atoms with Gasteiger partial charge in [0.2, 0.25) is 0 Å². The van der Waals surface area contributed by atoms with Crippen LogP contribution in [0.15, 0.2) is 22.4 Å². The highest BCUT2D eigenvalue weighted by Crippen LogP contribution is 2.51. The molecule has 128 valence electrons. The first-order valence-electron chi connectivity index (χ1n) is 8.44. The number of ether oxygens (including phenoxy) is 2. The van der Waals surface area contributed by atoms with Gasteiger partial charge in [-0.2, -0.15) is 0 Å². The second kappa shape index (κ2) is 5.68. The van der Waals surface area contributed by atoms with E-state index in [1.54, 1.807) is 0 Å². The number of rotatable bonds is 1. The molecule has 2 aliphatic carbocycles. The molecule has 5 heteroatoms. The van der Waals surface area contributed by atoms with Crippen LogP contribution < -0.4 is 0 Å². The molecule has 24 heavy (non-hydrogen) atoms. The summed E-state index contributed by atoms with van der Waals surface area (Å²) in [5, 5.41) is 10.8. The minimum absolute atomic E-state index is 0.0170. The predicted molar refractivity (Wildman–Crippen MR) is 93.6 cm³/mol. The molecule has 2 atom stereocenters. The zero-order valence-electron chi connectivity index (χ0n) is 13.9. The molecule has 1 saturated heterocycles. The van der Waals surface area contributed by atoms with Crippen molar-refractivity contribution in [2.45, 2.75) is 38.9 Å². The fourth-order valence-corrected chi connectivity index (χ4v) is 5.37. The molecule has 2 fully saturated rings. The van der Waals surface area contributed by atoms with Crippen LogP contribution >= 0.6 is 15.9 Å². The summed E-state index contributed by atoms with van der Waals surface area (Å²) in [6, 6.07) is 4.03. The molecule has 1 aliphatic heterocycles. The topological polar surface area (TPSA) is 55.8 Å². The van der Waals surface area contributed by atoms with Crippen molar-refractivity contribution in [1.82, 2.24) is 0 Å². The van der Waals surface area contributed by atoms with Gasteiger partial charge in [0.25, 0.3) is 0 Å². The quantitative estimate of drug-likeness (QED) is 0.782. The zero-order chi connectivity index (χ0) is 17.1. The van der Waals surface area contributed by atoms with Crippen LogP contribution in [0.1, 0.15) is 36.0 Å². The molecule has 0 bridgehead atoms. The van der Waals surface area contributed by atoms with E-state index in [-0.39, 0.29) is 23.4 Å². The number of carbonyl (C=O) groups is 1. The molecule has 3 aliphatic rings. The minimum Gasteiger partial charge on any atom is -0.511 e. The van der Waals surface area contributed by atoms with Gasteiger partial charge in [-0.3, -0.25) is 4.79 Å². The lowest BCUT2D eigenvalue weighted by Crippen LogP contribution is -2.41. The van der Waals surface area contributed by atoms with Crippen molar-refractivity contribution in [2.75, 3.05) is 13.2 Å². The maximum Gasteiger partial charge on any atom is 0.170 e. The Hall–Kier alpha value is -1.17. The summed E-state index contributed by atoms with van der Waals surface area (Å²) in [5.41, 5.74) is 3.42. The number of fused-ring (bicyclic) bond motifs is 1. The van der Waals surface area contributed by atoms with Crippen LogP contribution in [-0.2, 0) is 14.3 Å². The lowest BCUT2D eigenvalue weighted by molar-refractivity contribution is -0.193. The van der Waals surface area contributed by atoms with Crippen LogP contribution in [0.25, 0.3) is 5.57 Å². The highest BCUT2D eigenvalue weighted by molar-refractivity contribution is 9.10. The van der Waals surface area contributed by atoms with Crippen molar-refractivity contribution >= 4 is 27.3 Å². The molecule has 1 aromatic rings. The highest BCUT2D eigenvalue weighted by atomic mass is 79.9. The number of hydrogen-bond acceptors (Lipinski definition) is 4. The summed E-state index contributed by atoms with van der Waals surface area (Å²) < 4.78 is 12.4. The van der Waals surface area contributed by atoms with Crippen LogP contribution in [0.2, 0.25) is 0 Å². The number of hydrogen-bond donors (Lipinski definition) is 1. The van der Waals surface area contributed by atoms with E-state index in [4.69, 9.17) is 9.47 Å². The third-order valence-corrected chi connectivity index (χ3v) is 6.16. The molecule has 1 heterocycles. The van der Waals surface area contributed by atoms with Crippen LogP contribution in [0.3, 0.4) is 0 Å². The van der Waals surface area contributed by atoms with Crippen molar-refractivity contribution in [3.05, 3.63) is 39.1 Å². The Kier molecular flexibility index (Phi) is 3.86. The summed E-state index contributed by atoms with van der Waals surface area (Å²) in [6.45, 7) is 5.17. The largest absolute Gasteiger partial charge is 0.511 e. The standard InChI is InChI=1S/C19H21BrO4/c1-10-7-11(2)15(14(20)8-10)16-17(21)12-3-4-19(23-5-6-24-19)9-13(12)18(16)22/h7-8,12-13,21H,3-6,9H2,1-2H3. The Morgan fingerprint density at radius 1 is 1.21 bits per heavy atom. The Bertz CT molecular complexity index is 723. The average molecular weight is 393 g/mol. The molecule has 4 nitrogen and oxygen atoms in total. The fourth-order valence-electron chi connectivity index (χ4n) is 4.50. The molecular weight excluding hydrogens is 372 g/mol. The monoisotopic (exact) mass is 392 g/mol. The van der Waals surface area contributed by atoms with E-state index in [1.807, 2.05) is 26.0 Å². The summed E-state index contributed by atoms with van der Waals surface area (Å²) >= 11 is 3.58. The molecule has 0 radical (unpaired) electrons. The predicted octanol–water partition coefficient (Wildman–Crippen LogP) is 4.08. The number of aliphatic hydroxyl groups excluding tert-OH is 1. The molecule has 0 amide bonds. The number of Topliss-reactive ketones (excluding diaryl/α,β-unsaturated/α-hetero) is 1. The maximum absolute atomic E-state index is 13.1. The Balaban J connectivity index is 1.73. The van der Waals surface area contributed by atoms with Gasteiger partial charge in [0, 0.05) is 34.7 Å². The van der Waals surface area contributed by atoms with Crippen molar-refractivity contribution in [3.63, 3.8) is 0 Å². The van der Waals surface area contributed by atoms with Crippen LogP contribution in [0.4, 0.5) is 0 Å². The third-order valence-electron chi connectivity index (χ3n) is 5.54. The summed E-state index contributed by atoms with van der Waals surface area (Å²) in [6.07, 6.45) is 1.98. The Labute approximate surface area is 150 Å². The van der Waals surface area contributed by atoms with E-state index in [9.17, 15) is 9.90 Å². The van der Waals surface area contributed by atoms with Crippen molar-refractivity contribution in [3.8, 4) is 0 Å². The first kappa shape index (κ1) is 16.3. The van der Waals surface area contributed by atoms with Gasteiger partial charge in [-0.05, 0) is 37.5 Å². The SMILES string of the molecule is Cc1cc(C)c(C2=C(O)C3CCC4(CC3C2=O)OCCO4)c(Br)c1. The van der Waals surface area contributed by atoms with E-state index in [1.165, 1.54) is 0 Å². The minimum atomic E-state index is -0.619. The summed E-state index contributed by atoms with van der Waals surface area (Å²) in [7, 11) is 0. The number of aliphatic hydroxyl groups is 1. The van der Waals surface area contributed by atoms with Gasteiger partial charge in [0.05, 0.1) is 18.8 Å². The number of halogens is 1. The van der Waals surface area contributed by atoms with Gasteiger partial charge >= 0.3 is 0 Å². The number of aryl methyl sites for hydroxylation is 2. The van der Waals surface area contributed by atoms with Crippen LogP contribution in [0, 0.1) is 25.7 Å². The fraction of sp³-hybridized carbons (Fsp3) is 0.526. The second-order valence-electron chi connectivity index (χ2n) is 7.13. The third kappa shape index (κ3) is 2.37. The van der Waals surface area contributed by atoms with Crippen molar-refractivity contribution in [2.24, 2.45) is 11.8 Å². The lowest BCUT2D eigenvalue weighted by Gasteiger charge is -2.37. The molecule has 1 N–H and O–H groups in total. The summed E-state index contributed by atoms with van der Waals surface area (Å²) in [4.78, 5) is 13.1. The van der Waals surface area contributed by atoms with Crippen LogP contribution in [-0.4, -0.2) is 29.9 Å². The maximum atomic E-state index is 13.1. The molecule has 1 spiro atoms. The lowest BCUT2D eigenvalue weighted by atomic mass is 9.77. The van der Waals surface area contributed by atoms with Gasteiger partial charge in [0.1, 0.15) is 5.76 Å². The normalized spacial score (nSPS) is 28.7. The van der Waals surface area contributed by atoms with E-state index in [2.05, 4.69) is 15.9 Å². The van der Waals surface area contributed by atoms with Gasteiger partial charge < -0.3 is 14.6 Å². The van der Waals surface area contributed by atoms with E-state index in [0.717, 1.165) is 27.6 Å². The molecular formula is C19H21BrO4. The van der Waals surface area contributed by atoms with Crippen molar-refractivity contribution in [1.29, 1.82) is 0 Å².